The van der Waals surface area contributed by atoms with E-state index in [1.165, 1.54) is 5.06 Å². The lowest BCUT2D eigenvalue weighted by molar-refractivity contribution is -0.288. The molecule has 3 saturated heterocycles. The normalized spacial score (nSPS) is 27.4. The zero-order chi connectivity index (χ0) is 20.8. The summed E-state index contributed by atoms with van der Waals surface area (Å²) in [5, 5.41) is 3.17. The number of piperidine rings is 1. The Balaban J connectivity index is 1.73. The smallest absolute Gasteiger partial charge is 0.262 e. The van der Waals surface area contributed by atoms with Gasteiger partial charge >= 0.3 is 0 Å². The van der Waals surface area contributed by atoms with Gasteiger partial charge in [-0.2, -0.15) is 5.06 Å². The number of amides is 1. The van der Waals surface area contributed by atoms with Crippen LogP contribution in [0.3, 0.4) is 0 Å². The first kappa shape index (κ1) is 20.9. The second kappa shape index (κ2) is 8.07. The van der Waals surface area contributed by atoms with Crippen LogP contribution in [0.1, 0.15) is 48.3 Å². The maximum absolute atomic E-state index is 13.8. The van der Waals surface area contributed by atoms with E-state index in [2.05, 4.69) is 15.9 Å². The van der Waals surface area contributed by atoms with Gasteiger partial charge in [-0.1, -0.05) is 22.0 Å². The lowest BCUT2D eigenvalue weighted by Crippen LogP contribution is -2.56. The minimum Gasteiger partial charge on any atom is -0.350 e. The predicted molar refractivity (Wildman–Crippen MR) is 109 cm³/mol. The van der Waals surface area contributed by atoms with Crippen LogP contribution in [0.25, 0.3) is 0 Å². The lowest BCUT2D eigenvalue weighted by Gasteiger charge is -2.42. The first-order valence-electron chi connectivity index (χ1n) is 10.1. The summed E-state index contributed by atoms with van der Waals surface area (Å²) in [6.07, 6.45) is 2.06. The number of halogens is 1. The molecule has 0 aromatic heterocycles. The van der Waals surface area contributed by atoms with Crippen molar-refractivity contribution in [2.45, 2.75) is 57.3 Å². The van der Waals surface area contributed by atoms with Gasteiger partial charge in [-0.05, 0) is 55.9 Å². The van der Waals surface area contributed by atoms with Crippen molar-refractivity contribution in [3.05, 3.63) is 33.3 Å². The predicted octanol–water partition coefficient (Wildman–Crippen LogP) is 3.02. The topological polar surface area (TPSA) is 68.3 Å². The fraction of sp³-hybridized carbons (Fsp3) is 0.619. The van der Waals surface area contributed by atoms with E-state index >= 15 is 0 Å². The Kier molecular flexibility index (Phi) is 5.83. The van der Waals surface area contributed by atoms with Gasteiger partial charge in [0.15, 0.2) is 12.1 Å². The minimum absolute atomic E-state index is 0.0936. The highest BCUT2D eigenvalue weighted by atomic mass is 79.9. The van der Waals surface area contributed by atoms with Crippen molar-refractivity contribution in [2.24, 2.45) is 0 Å². The highest BCUT2D eigenvalue weighted by molar-refractivity contribution is 9.10. The molecule has 7 nitrogen and oxygen atoms in total. The van der Waals surface area contributed by atoms with Crippen molar-refractivity contribution in [3.8, 4) is 0 Å². The van der Waals surface area contributed by atoms with E-state index in [1.54, 1.807) is 7.11 Å². The van der Waals surface area contributed by atoms with Gasteiger partial charge < -0.3 is 9.57 Å². The molecule has 29 heavy (non-hydrogen) atoms. The number of nitrogens with zero attached hydrogens (tertiary/aromatic N) is 2. The number of carbonyl (C=O) groups excluding carboxylic acids is 2. The van der Waals surface area contributed by atoms with Gasteiger partial charge in [-0.25, -0.2) is 9.90 Å². The number of aryl methyl sites for hydroxylation is 2. The molecule has 0 bridgehead atoms. The van der Waals surface area contributed by atoms with Crippen molar-refractivity contribution in [2.75, 3.05) is 26.8 Å². The summed E-state index contributed by atoms with van der Waals surface area (Å²) in [5.41, 5.74) is 1.75. The molecule has 1 aromatic rings. The van der Waals surface area contributed by atoms with Crippen LogP contribution >= 0.6 is 15.9 Å². The van der Waals surface area contributed by atoms with Gasteiger partial charge in [0.25, 0.3) is 5.91 Å². The number of rotatable bonds is 4. The van der Waals surface area contributed by atoms with E-state index in [9.17, 15) is 9.59 Å². The molecule has 1 amide bonds. The number of Topliss-reactive ketones (excluding diaryl/α,β-unsaturated/α-hetero) is 1. The molecule has 0 aliphatic carbocycles. The third kappa shape index (κ3) is 3.55. The van der Waals surface area contributed by atoms with Crippen LogP contribution in [-0.4, -0.2) is 60.5 Å². The highest BCUT2D eigenvalue weighted by Crippen LogP contribution is 2.46. The van der Waals surface area contributed by atoms with Crippen molar-refractivity contribution in [1.82, 2.24) is 10.1 Å². The quantitative estimate of drug-likeness (QED) is 0.635. The first-order valence-corrected chi connectivity index (χ1v) is 10.9. The molecule has 8 heteroatoms. The summed E-state index contributed by atoms with van der Waals surface area (Å²) < 4.78 is 6.39. The van der Waals surface area contributed by atoms with Crippen molar-refractivity contribution >= 4 is 27.6 Å². The molecule has 0 radical (unpaired) electrons. The fourth-order valence-electron chi connectivity index (χ4n) is 4.75. The third-order valence-electron chi connectivity index (χ3n) is 6.24. The van der Waals surface area contributed by atoms with Crippen LogP contribution in [0.15, 0.2) is 16.6 Å². The summed E-state index contributed by atoms with van der Waals surface area (Å²) in [7, 11) is 1.62. The molecule has 3 fully saturated rings. The number of ketones is 1. The third-order valence-corrected chi connectivity index (χ3v) is 6.90. The van der Waals surface area contributed by atoms with Crippen molar-refractivity contribution < 1.29 is 24.0 Å². The van der Waals surface area contributed by atoms with Crippen LogP contribution in [-0.2, 0) is 24.0 Å². The SMILES string of the molecule is CON1CCC2(CC1)C(=O)C(c1c(C)cc(C)cc1Br)C(=O)N2OC1CCCO1. The molecule has 3 aliphatic heterocycles. The lowest BCUT2D eigenvalue weighted by atomic mass is 9.80. The van der Waals surface area contributed by atoms with Crippen molar-refractivity contribution in [3.63, 3.8) is 0 Å². The van der Waals surface area contributed by atoms with Crippen LogP contribution in [0.5, 0.6) is 0 Å². The van der Waals surface area contributed by atoms with Gasteiger partial charge in [-0.15, -0.1) is 0 Å². The monoisotopic (exact) mass is 466 g/mol. The van der Waals surface area contributed by atoms with Crippen LogP contribution in [0.4, 0.5) is 0 Å². The number of hydrogen-bond donors (Lipinski definition) is 0. The Hall–Kier alpha value is -1.32. The Labute approximate surface area is 179 Å². The molecule has 0 N–H and O–H groups in total. The number of benzene rings is 1. The molecule has 1 aromatic carbocycles. The molecule has 158 valence electrons. The van der Waals surface area contributed by atoms with Crippen LogP contribution < -0.4 is 0 Å². The Morgan fingerprint density at radius 3 is 2.52 bits per heavy atom. The second-order valence-corrected chi connectivity index (χ2v) is 8.95. The average Bonchev–Trinajstić information content (AvgIpc) is 3.26. The zero-order valence-electron chi connectivity index (χ0n) is 17.1. The molecule has 2 atom stereocenters. The van der Waals surface area contributed by atoms with Gasteiger partial charge in [-0.3, -0.25) is 9.59 Å². The Morgan fingerprint density at radius 1 is 1.21 bits per heavy atom. The number of carbonyl (C=O) groups is 2. The van der Waals surface area contributed by atoms with Gasteiger partial charge in [0.05, 0.1) is 13.7 Å². The molecule has 2 unspecified atom stereocenters. The zero-order valence-corrected chi connectivity index (χ0v) is 18.7. The number of hydrogen-bond acceptors (Lipinski definition) is 6. The maximum Gasteiger partial charge on any atom is 0.262 e. The Morgan fingerprint density at radius 2 is 1.93 bits per heavy atom. The summed E-state index contributed by atoms with van der Waals surface area (Å²) >= 11 is 3.59. The Bertz CT molecular complexity index is 792. The van der Waals surface area contributed by atoms with Crippen LogP contribution in [0.2, 0.25) is 0 Å². The number of hydroxylamine groups is 4. The van der Waals surface area contributed by atoms with Crippen molar-refractivity contribution in [1.29, 1.82) is 0 Å². The molecule has 3 heterocycles. The van der Waals surface area contributed by atoms with Crippen LogP contribution in [0, 0.1) is 13.8 Å². The molecule has 1 spiro atoms. The van der Waals surface area contributed by atoms with E-state index in [1.807, 2.05) is 31.0 Å². The first-order chi connectivity index (χ1) is 13.9. The standard InChI is InChI=1S/C21H27BrN2O5/c1-13-11-14(2)17(15(22)12-13)18-19(25)21(6-8-23(27-3)9-7-21)24(20(18)26)29-16-5-4-10-28-16/h11-12,16,18H,4-10H2,1-3H3. The minimum atomic E-state index is -0.987. The van der Waals surface area contributed by atoms with Gasteiger partial charge in [0.2, 0.25) is 0 Å². The molecule has 3 aliphatic rings. The van der Waals surface area contributed by atoms with E-state index in [4.69, 9.17) is 14.4 Å². The van der Waals surface area contributed by atoms with Gasteiger partial charge in [0, 0.05) is 24.0 Å². The van der Waals surface area contributed by atoms with Gasteiger partial charge in [0.1, 0.15) is 11.5 Å². The highest BCUT2D eigenvalue weighted by Gasteiger charge is 2.61. The van der Waals surface area contributed by atoms with E-state index in [0.717, 1.165) is 34.0 Å². The largest absolute Gasteiger partial charge is 0.350 e. The fourth-order valence-corrected chi connectivity index (χ4v) is 5.65. The average molecular weight is 467 g/mol. The number of ether oxygens (including phenoxy) is 1. The molecular formula is C21H27BrN2O5. The summed E-state index contributed by atoms with van der Waals surface area (Å²) in [4.78, 5) is 38.7. The molecular weight excluding hydrogens is 440 g/mol. The van der Waals surface area contributed by atoms with E-state index in [0.29, 0.717) is 32.5 Å². The molecule has 4 rings (SSSR count). The summed E-state index contributed by atoms with van der Waals surface area (Å²) in [6.45, 7) is 5.66. The second-order valence-electron chi connectivity index (χ2n) is 8.10. The van der Waals surface area contributed by atoms with E-state index < -0.39 is 17.7 Å². The molecule has 0 saturated carbocycles. The summed E-state index contributed by atoms with van der Waals surface area (Å²) in [5.74, 6) is -1.27. The maximum atomic E-state index is 13.8. The summed E-state index contributed by atoms with van der Waals surface area (Å²) in [6, 6.07) is 3.96. The van der Waals surface area contributed by atoms with E-state index in [-0.39, 0.29) is 11.7 Å².